The van der Waals surface area contributed by atoms with Gasteiger partial charge in [0.2, 0.25) is 0 Å². The number of benzene rings is 2. The van der Waals surface area contributed by atoms with Gasteiger partial charge in [-0.3, -0.25) is 9.89 Å². The number of H-pyrrole nitrogens is 1. The lowest BCUT2D eigenvalue weighted by Gasteiger charge is -2.18. The topological polar surface area (TPSA) is 57.8 Å². The van der Waals surface area contributed by atoms with Crippen LogP contribution in [0.5, 0.6) is 0 Å². The predicted octanol–water partition coefficient (Wildman–Crippen LogP) is 5.70. The molecule has 0 saturated carbocycles. The van der Waals surface area contributed by atoms with Crippen LogP contribution in [-0.4, -0.2) is 20.4 Å². The highest BCUT2D eigenvalue weighted by atomic mass is 32.2. The highest BCUT2D eigenvalue weighted by molar-refractivity contribution is 8.26. The summed E-state index contributed by atoms with van der Waals surface area (Å²) in [5.74, 6) is -0.581. The fraction of sp³-hybridized carbons (Fsp3) is 0.150. The number of fused-ring (bicyclic) bond motifs is 1. The minimum absolute atomic E-state index is 0.0867. The number of aromatic amines is 1. The van der Waals surface area contributed by atoms with Crippen molar-refractivity contribution in [1.29, 1.82) is 0 Å². The number of amides is 1. The zero-order valence-electron chi connectivity index (χ0n) is 15.7. The molecule has 2 N–H and O–H groups in total. The molecule has 2 aromatic carbocycles. The normalized spacial score (nSPS) is 16.6. The van der Waals surface area contributed by atoms with Gasteiger partial charge in [-0.2, -0.15) is 31.4 Å². The largest absolute Gasteiger partial charge is 0.416 e. The Bertz CT molecular complexity index is 1280. The van der Waals surface area contributed by atoms with Crippen LogP contribution in [0.2, 0.25) is 0 Å². The van der Waals surface area contributed by atoms with E-state index in [-0.39, 0.29) is 20.9 Å². The average molecular weight is 487 g/mol. The van der Waals surface area contributed by atoms with E-state index in [0.29, 0.717) is 22.5 Å². The van der Waals surface area contributed by atoms with Crippen LogP contribution in [0.1, 0.15) is 22.3 Å². The Hall–Kier alpha value is -2.86. The number of thioether (sulfide) groups is 1. The van der Waals surface area contributed by atoms with Crippen LogP contribution in [0.3, 0.4) is 0 Å². The van der Waals surface area contributed by atoms with Crippen LogP contribution in [0.15, 0.2) is 47.5 Å². The average Bonchev–Trinajstić information content (AvgIpc) is 3.29. The van der Waals surface area contributed by atoms with Crippen LogP contribution in [0, 0.1) is 0 Å². The number of allylic oxidation sites excluding steroid dienone is 1. The number of thiocarbonyl (C=S) groups is 1. The minimum Gasteiger partial charge on any atom is -0.307 e. The number of hydrogen-bond donors (Lipinski definition) is 2. The standard InChI is InChI=1S/C20H11F6N3OS2/c21-19(22,23)12-3-1-10(14(7-12)20(24,25)26)6-13(16-17(30)28-18(31)32-16)9-2-4-15-11(5-9)8-27-29-15/h1-5,7-8H,6H2,(H,27,29)(H,28,30,31). The van der Waals surface area contributed by atoms with Crippen molar-refractivity contribution < 1.29 is 31.1 Å². The second kappa shape index (κ2) is 7.93. The van der Waals surface area contributed by atoms with E-state index in [4.69, 9.17) is 12.2 Å². The maximum Gasteiger partial charge on any atom is 0.416 e. The van der Waals surface area contributed by atoms with Gasteiger partial charge >= 0.3 is 12.4 Å². The van der Waals surface area contributed by atoms with E-state index in [1.165, 1.54) is 6.20 Å². The lowest BCUT2D eigenvalue weighted by Crippen LogP contribution is -2.18. The van der Waals surface area contributed by atoms with Gasteiger partial charge in [0.25, 0.3) is 5.91 Å². The Morgan fingerprint density at radius 3 is 2.41 bits per heavy atom. The summed E-state index contributed by atoms with van der Waals surface area (Å²) in [6.45, 7) is 0. The number of halogens is 6. The van der Waals surface area contributed by atoms with Gasteiger partial charge in [-0.25, -0.2) is 0 Å². The minimum atomic E-state index is -5.03. The molecule has 1 saturated heterocycles. The van der Waals surface area contributed by atoms with Crippen molar-refractivity contribution in [3.05, 3.63) is 69.8 Å². The quantitative estimate of drug-likeness (QED) is 0.283. The van der Waals surface area contributed by atoms with Gasteiger partial charge in [-0.1, -0.05) is 36.1 Å². The fourth-order valence-electron chi connectivity index (χ4n) is 3.32. The zero-order chi connectivity index (χ0) is 23.3. The van der Waals surface area contributed by atoms with E-state index in [0.717, 1.165) is 17.8 Å². The van der Waals surface area contributed by atoms with Crippen molar-refractivity contribution in [3.63, 3.8) is 0 Å². The third kappa shape index (κ3) is 4.37. The summed E-state index contributed by atoms with van der Waals surface area (Å²) in [6.07, 6.45) is -8.89. The highest BCUT2D eigenvalue weighted by Gasteiger charge is 2.38. The van der Waals surface area contributed by atoms with Crippen molar-refractivity contribution in [2.75, 3.05) is 0 Å². The Labute approximate surface area is 186 Å². The highest BCUT2D eigenvalue weighted by Crippen LogP contribution is 2.41. The number of carbonyl (C=O) groups excluding carboxylic acids is 1. The van der Waals surface area contributed by atoms with Gasteiger partial charge in [-0.15, -0.1) is 0 Å². The Morgan fingerprint density at radius 2 is 1.78 bits per heavy atom. The maximum absolute atomic E-state index is 13.7. The van der Waals surface area contributed by atoms with Crippen LogP contribution in [-0.2, 0) is 23.6 Å². The lowest BCUT2D eigenvalue weighted by atomic mass is 9.92. The van der Waals surface area contributed by atoms with Crippen LogP contribution < -0.4 is 5.32 Å². The summed E-state index contributed by atoms with van der Waals surface area (Å²) in [5.41, 5.74) is -1.92. The van der Waals surface area contributed by atoms with E-state index >= 15 is 0 Å². The molecule has 1 amide bonds. The Balaban J connectivity index is 1.88. The van der Waals surface area contributed by atoms with E-state index in [1.807, 2.05) is 0 Å². The smallest absolute Gasteiger partial charge is 0.307 e. The number of carbonyl (C=O) groups is 1. The molecule has 166 valence electrons. The van der Waals surface area contributed by atoms with Crippen molar-refractivity contribution in [2.45, 2.75) is 18.8 Å². The second-order valence-corrected chi connectivity index (χ2v) is 8.55. The van der Waals surface area contributed by atoms with Crippen molar-refractivity contribution in [2.24, 2.45) is 0 Å². The Kier molecular flexibility index (Phi) is 5.53. The summed E-state index contributed by atoms with van der Waals surface area (Å²) in [5, 5.41) is 9.70. The molecule has 0 aliphatic carbocycles. The summed E-state index contributed by atoms with van der Waals surface area (Å²) < 4.78 is 80.1. The molecule has 1 aliphatic heterocycles. The second-order valence-electron chi connectivity index (χ2n) is 6.87. The summed E-state index contributed by atoms with van der Waals surface area (Å²) >= 11 is 5.88. The molecule has 0 bridgehead atoms. The molecule has 0 atom stereocenters. The van der Waals surface area contributed by atoms with E-state index in [2.05, 4.69) is 15.5 Å². The zero-order valence-corrected chi connectivity index (χ0v) is 17.3. The third-order valence-corrected chi connectivity index (χ3v) is 6.06. The SMILES string of the molecule is O=C1NC(=S)SC1=C(Cc1ccc(C(F)(F)F)cc1C(F)(F)F)c1ccc2[nH]ncc2c1. The number of nitrogens with one attached hydrogen (secondary N) is 2. The van der Waals surface area contributed by atoms with Gasteiger partial charge in [0.1, 0.15) is 4.32 Å². The first-order valence-corrected chi connectivity index (χ1v) is 10.1. The third-order valence-electron chi connectivity index (χ3n) is 4.79. The first kappa shape index (κ1) is 22.3. The Morgan fingerprint density at radius 1 is 1.03 bits per heavy atom. The number of alkyl halides is 6. The van der Waals surface area contributed by atoms with Gasteiger partial charge in [0.15, 0.2) is 0 Å². The van der Waals surface area contributed by atoms with Crippen molar-refractivity contribution >= 4 is 50.7 Å². The molecule has 0 unspecified atom stereocenters. The first-order chi connectivity index (χ1) is 14.9. The molecular weight excluding hydrogens is 476 g/mol. The number of hydrogen-bond acceptors (Lipinski definition) is 4. The molecule has 3 aromatic rings. The number of nitrogens with zero attached hydrogens (tertiary/aromatic N) is 1. The number of rotatable bonds is 3. The van der Waals surface area contributed by atoms with Gasteiger partial charge in [0.05, 0.1) is 27.7 Å². The monoisotopic (exact) mass is 487 g/mol. The molecule has 1 fully saturated rings. The summed E-state index contributed by atoms with van der Waals surface area (Å²) in [4.78, 5) is 12.5. The van der Waals surface area contributed by atoms with Gasteiger partial charge in [0, 0.05) is 5.39 Å². The molecule has 0 radical (unpaired) electrons. The lowest BCUT2D eigenvalue weighted by molar-refractivity contribution is -0.143. The molecule has 32 heavy (non-hydrogen) atoms. The predicted molar refractivity (Wildman–Crippen MR) is 111 cm³/mol. The molecule has 1 aliphatic rings. The van der Waals surface area contributed by atoms with Gasteiger partial charge in [-0.05, 0) is 47.4 Å². The van der Waals surface area contributed by atoms with Crippen molar-refractivity contribution in [3.8, 4) is 0 Å². The van der Waals surface area contributed by atoms with E-state index < -0.39 is 41.4 Å². The maximum atomic E-state index is 13.7. The van der Waals surface area contributed by atoms with E-state index in [9.17, 15) is 31.1 Å². The summed E-state index contributed by atoms with van der Waals surface area (Å²) in [6, 6.07) is 6.34. The molecule has 4 rings (SSSR count). The number of aromatic nitrogens is 2. The van der Waals surface area contributed by atoms with Gasteiger partial charge < -0.3 is 5.32 Å². The fourth-order valence-corrected chi connectivity index (χ4v) is 4.45. The molecule has 0 spiro atoms. The molecule has 1 aromatic heterocycles. The molecule has 12 heteroatoms. The summed E-state index contributed by atoms with van der Waals surface area (Å²) in [7, 11) is 0. The van der Waals surface area contributed by atoms with Crippen LogP contribution in [0.4, 0.5) is 26.3 Å². The molecule has 4 nitrogen and oxygen atoms in total. The molecule has 2 heterocycles. The van der Waals surface area contributed by atoms with Crippen LogP contribution in [0.25, 0.3) is 16.5 Å². The van der Waals surface area contributed by atoms with E-state index in [1.54, 1.807) is 18.2 Å². The van der Waals surface area contributed by atoms with Crippen LogP contribution >= 0.6 is 24.0 Å². The van der Waals surface area contributed by atoms with Crippen molar-refractivity contribution in [1.82, 2.24) is 15.5 Å². The first-order valence-electron chi connectivity index (χ1n) is 8.90. The molecular formula is C20H11F6N3OS2.